The summed E-state index contributed by atoms with van der Waals surface area (Å²) in [5.74, 6) is -0.866. The molecular weight excluding hydrogens is 378 g/mol. The highest BCUT2D eigenvalue weighted by molar-refractivity contribution is 6.11. The largest absolute Gasteiger partial charge is 0.325 e. The topological polar surface area (TPSA) is 78.5 Å². The summed E-state index contributed by atoms with van der Waals surface area (Å²) in [4.78, 5) is 39.5. The Kier molecular flexibility index (Phi) is 4.78. The van der Waals surface area contributed by atoms with Crippen LogP contribution in [0.2, 0.25) is 0 Å². The van der Waals surface area contributed by atoms with Crippen molar-refractivity contribution in [1.29, 1.82) is 0 Å². The second-order valence-corrected chi connectivity index (χ2v) is 7.77. The van der Waals surface area contributed by atoms with E-state index in [1.165, 1.54) is 0 Å². The number of aryl methyl sites for hydroxylation is 1. The molecule has 1 saturated heterocycles. The molecule has 4 amide bonds. The lowest BCUT2D eigenvalue weighted by Crippen LogP contribution is -2.42. The van der Waals surface area contributed by atoms with Gasteiger partial charge in [0.05, 0.1) is 0 Å². The molecule has 3 aromatic rings. The quantitative estimate of drug-likeness (QED) is 0.652. The van der Waals surface area contributed by atoms with Gasteiger partial charge in [-0.3, -0.25) is 14.5 Å². The monoisotopic (exact) mass is 401 g/mol. The van der Waals surface area contributed by atoms with E-state index in [1.807, 2.05) is 68.4 Å². The molecule has 0 bridgehead atoms. The first-order valence-electron chi connectivity index (χ1n) is 9.79. The van der Waals surface area contributed by atoms with Gasteiger partial charge in [-0.15, -0.1) is 0 Å². The summed E-state index contributed by atoms with van der Waals surface area (Å²) in [6, 6.07) is 18.4. The van der Waals surface area contributed by atoms with Gasteiger partial charge in [0.2, 0.25) is 5.91 Å². The van der Waals surface area contributed by atoms with E-state index in [1.54, 1.807) is 13.0 Å². The number of urea groups is 1. The average molecular weight is 401 g/mol. The van der Waals surface area contributed by atoms with Crippen molar-refractivity contribution in [1.82, 2.24) is 10.2 Å². The van der Waals surface area contributed by atoms with Crippen molar-refractivity contribution in [2.24, 2.45) is 0 Å². The maximum atomic E-state index is 13.3. The molecule has 4 rings (SSSR count). The van der Waals surface area contributed by atoms with Crippen LogP contribution in [0, 0.1) is 13.8 Å². The minimum Gasteiger partial charge on any atom is -0.324 e. The highest BCUT2D eigenvalue weighted by atomic mass is 16.2. The molecule has 0 radical (unpaired) electrons. The van der Waals surface area contributed by atoms with E-state index in [-0.39, 0.29) is 6.54 Å². The highest BCUT2D eigenvalue weighted by Gasteiger charge is 2.50. The number of hydrogen-bond donors (Lipinski definition) is 2. The Labute approximate surface area is 174 Å². The van der Waals surface area contributed by atoms with Crippen LogP contribution in [0.25, 0.3) is 10.8 Å². The van der Waals surface area contributed by atoms with Gasteiger partial charge in [-0.2, -0.15) is 0 Å². The van der Waals surface area contributed by atoms with E-state index in [0.717, 1.165) is 26.8 Å². The van der Waals surface area contributed by atoms with Gasteiger partial charge in [-0.25, -0.2) is 4.79 Å². The number of nitrogens with zero attached hydrogens (tertiary/aromatic N) is 1. The van der Waals surface area contributed by atoms with Gasteiger partial charge in [0, 0.05) is 5.69 Å². The molecule has 0 saturated carbocycles. The molecule has 0 aromatic heterocycles. The van der Waals surface area contributed by atoms with Crippen LogP contribution < -0.4 is 10.6 Å². The van der Waals surface area contributed by atoms with Crippen molar-refractivity contribution in [2.75, 3.05) is 11.9 Å². The van der Waals surface area contributed by atoms with Crippen LogP contribution in [0.4, 0.5) is 10.5 Å². The second-order valence-electron chi connectivity index (χ2n) is 7.77. The zero-order chi connectivity index (χ0) is 21.5. The van der Waals surface area contributed by atoms with E-state index in [2.05, 4.69) is 10.6 Å². The standard InChI is InChI=1S/C24H23N3O3/c1-15-8-6-13-20(16(15)2)25-21(28)14-27-22(29)24(3,26-23(27)30)19-12-7-10-17-9-4-5-11-18(17)19/h4-13H,14H2,1-3H3,(H,25,28)(H,26,30)/t24-/m0/s1. The smallest absolute Gasteiger partial charge is 0.324 e. The Hall–Kier alpha value is -3.67. The zero-order valence-electron chi connectivity index (χ0n) is 17.2. The molecule has 1 aliphatic rings. The Morgan fingerprint density at radius 1 is 1.00 bits per heavy atom. The number of carbonyl (C=O) groups is 3. The number of imide groups is 1. The Balaban J connectivity index is 1.59. The maximum absolute atomic E-state index is 13.3. The third-order valence-electron chi connectivity index (χ3n) is 5.78. The van der Waals surface area contributed by atoms with Crippen molar-refractivity contribution >= 4 is 34.3 Å². The fourth-order valence-electron chi connectivity index (χ4n) is 3.90. The number of hydrogen-bond acceptors (Lipinski definition) is 3. The first kappa shape index (κ1) is 19.6. The predicted molar refractivity (Wildman–Crippen MR) is 116 cm³/mol. The molecule has 1 atom stereocenters. The van der Waals surface area contributed by atoms with E-state index in [9.17, 15) is 14.4 Å². The van der Waals surface area contributed by atoms with E-state index < -0.39 is 23.4 Å². The van der Waals surface area contributed by atoms with Crippen molar-refractivity contribution < 1.29 is 14.4 Å². The lowest BCUT2D eigenvalue weighted by Gasteiger charge is -2.24. The van der Waals surface area contributed by atoms with Gasteiger partial charge in [0.25, 0.3) is 5.91 Å². The molecule has 30 heavy (non-hydrogen) atoms. The lowest BCUT2D eigenvalue weighted by atomic mass is 9.88. The van der Waals surface area contributed by atoms with Crippen LogP contribution in [0.15, 0.2) is 60.7 Å². The molecule has 1 aliphatic heterocycles. The fourth-order valence-corrected chi connectivity index (χ4v) is 3.90. The van der Waals surface area contributed by atoms with Gasteiger partial charge in [0.1, 0.15) is 12.1 Å². The van der Waals surface area contributed by atoms with Crippen molar-refractivity contribution in [3.8, 4) is 0 Å². The lowest BCUT2D eigenvalue weighted by molar-refractivity contribution is -0.133. The number of nitrogens with one attached hydrogen (secondary N) is 2. The Morgan fingerprint density at radius 2 is 1.70 bits per heavy atom. The van der Waals surface area contributed by atoms with Crippen LogP contribution in [-0.4, -0.2) is 29.3 Å². The number of carbonyl (C=O) groups excluding carboxylic acids is 3. The number of fused-ring (bicyclic) bond motifs is 1. The number of rotatable bonds is 4. The predicted octanol–water partition coefficient (Wildman–Crippen LogP) is 3.86. The third kappa shape index (κ3) is 3.20. The first-order chi connectivity index (χ1) is 14.3. The molecule has 0 aliphatic carbocycles. The van der Waals surface area contributed by atoms with Crippen molar-refractivity contribution in [2.45, 2.75) is 26.3 Å². The van der Waals surface area contributed by atoms with Crippen LogP contribution in [0.3, 0.4) is 0 Å². The molecule has 6 nitrogen and oxygen atoms in total. The summed E-state index contributed by atoms with van der Waals surface area (Å²) < 4.78 is 0. The van der Waals surface area contributed by atoms with Gasteiger partial charge in [0.15, 0.2) is 0 Å². The van der Waals surface area contributed by atoms with Crippen LogP contribution in [0.1, 0.15) is 23.6 Å². The molecule has 1 heterocycles. The molecule has 3 aromatic carbocycles. The van der Waals surface area contributed by atoms with Gasteiger partial charge in [-0.05, 0) is 54.3 Å². The fraction of sp³-hybridized carbons (Fsp3) is 0.208. The van der Waals surface area contributed by atoms with Crippen molar-refractivity contribution in [3.63, 3.8) is 0 Å². The summed E-state index contributed by atoms with van der Waals surface area (Å²) in [5, 5.41) is 7.45. The summed E-state index contributed by atoms with van der Waals surface area (Å²) >= 11 is 0. The molecule has 2 N–H and O–H groups in total. The number of anilines is 1. The van der Waals surface area contributed by atoms with Gasteiger partial charge < -0.3 is 10.6 Å². The molecule has 0 spiro atoms. The van der Waals surface area contributed by atoms with E-state index in [0.29, 0.717) is 11.3 Å². The van der Waals surface area contributed by atoms with Gasteiger partial charge >= 0.3 is 6.03 Å². The van der Waals surface area contributed by atoms with E-state index in [4.69, 9.17) is 0 Å². The number of amides is 4. The van der Waals surface area contributed by atoms with Crippen LogP contribution in [0.5, 0.6) is 0 Å². The maximum Gasteiger partial charge on any atom is 0.325 e. The molecule has 6 heteroatoms. The molecule has 0 unspecified atom stereocenters. The summed E-state index contributed by atoms with van der Waals surface area (Å²) in [6.07, 6.45) is 0. The second kappa shape index (κ2) is 7.30. The van der Waals surface area contributed by atoms with E-state index >= 15 is 0 Å². The van der Waals surface area contributed by atoms with Gasteiger partial charge in [-0.1, -0.05) is 54.6 Å². The van der Waals surface area contributed by atoms with Crippen LogP contribution >= 0.6 is 0 Å². The summed E-state index contributed by atoms with van der Waals surface area (Å²) in [5.41, 5.74) is 2.13. The SMILES string of the molecule is Cc1cccc(NC(=O)CN2C(=O)N[C@@](C)(c3cccc4ccccc34)C2=O)c1C. The minimum atomic E-state index is -1.24. The van der Waals surface area contributed by atoms with Crippen LogP contribution in [-0.2, 0) is 15.1 Å². The first-order valence-corrected chi connectivity index (χ1v) is 9.79. The molecule has 152 valence electrons. The molecular formula is C24H23N3O3. The number of benzene rings is 3. The summed E-state index contributed by atoms with van der Waals surface area (Å²) in [7, 11) is 0. The Bertz CT molecular complexity index is 1180. The minimum absolute atomic E-state index is 0.349. The Morgan fingerprint density at radius 3 is 2.50 bits per heavy atom. The third-order valence-corrected chi connectivity index (χ3v) is 5.78. The normalized spacial score (nSPS) is 18.6. The average Bonchev–Trinajstić information content (AvgIpc) is 2.95. The van der Waals surface area contributed by atoms with Crippen molar-refractivity contribution in [3.05, 3.63) is 77.4 Å². The zero-order valence-corrected chi connectivity index (χ0v) is 17.2. The molecule has 1 fully saturated rings. The summed E-state index contributed by atoms with van der Waals surface area (Å²) in [6.45, 7) is 5.20. The highest BCUT2D eigenvalue weighted by Crippen LogP contribution is 2.33.